The second kappa shape index (κ2) is 4.97. The molecular weight excluding hydrogens is 300 g/mol. The molecule has 1 unspecified atom stereocenters. The Bertz CT molecular complexity index is 504. The molecule has 0 aliphatic carbocycles. The highest BCUT2D eigenvalue weighted by atomic mass is 79.9. The smallest absolute Gasteiger partial charge is 0.311 e. The number of carboxylic acids is 1. The first-order valence-electron chi connectivity index (χ1n) is 5.54. The van der Waals surface area contributed by atoms with Crippen molar-refractivity contribution in [3.05, 3.63) is 28.2 Å². The first kappa shape index (κ1) is 12.9. The quantitative estimate of drug-likeness (QED) is 0.881. The van der Waals surface area contributed by atoms with E-state index in [4.69, 9.17) is 5.73 Å². The summed E-state index contributed by atoms with van der Waals surface area (Å²) in [5.41, 5.74) is 6.70. The van der Waals surface area contributed by atoms with Crippen LogP contribution in [-0.4, -0.2) is 30.1 Å². The molecule has 1 heterocycles. The maximum absolute atomic E-state index is 11.2. The van der Waals surface area contributed by atoms with Crippen molar-refractivity contribution in [3.8, 4) is 0 Å². The van der Waals surface area contributed by atoms with Gasteiger partial charge in [0.15, 0.2) is 0 Å². The van der Waals surface area contributed by atoms with Crippen molar-refractivity contribution in [3.63, 3.8) is 0 Å². The van der Waals surface area contributed by atoms with Crippen LogP contribution in [0, 0.1) is 0 Å². The van der Waals surface area contributed by atoms with Crippen molar-refractivity contribution in [2.45, 2.75) is 12.3 Å². The highest BCUT2D eigenvalue weighted by Gasteiger charge is 2.30. The van der Waals surface area contributed by atoms with E-state index in [1.165, 1.54) is 0 Å². The predicted octanol–water partition coefficient (Wildman–Crippen LogP) is 1.31. The number of aliphatic carboxylic acids is 1. The van der Waals surface area contributed by atoms with Gasteiger partial charge in [0.25, 0.3) is 0 Å². The van der Waals surface area contributed by atoms with Crippen LogP contribution >= 0.6 is 15.9 Å². The third-order valence-corrected chi connectivity index (χ3v) is 3.53. The van der Waals surface area contributed by atoms with Gasteiger partial charge in [-0.15, -0.1) is 0 Å². The van der Waals surface area contributed by atoms with Gasteiger partial charge < -0.3 is 15.7 Å². The fourth-order valence-corrected chi connectivity index (χ4v) is 2.64. The van der Waals surface area contributed by atoms with Crippen molar-refractivity contribution in [2.75, 3.05) is 18.0 Å². The van der Waals surface area contributed by atoms with E-state index in [0.29, 0.717) is 13.0 Å². The summed E-state index contributed by atoms with van der Waals surface area (Å²) in [6.07, 6.45) is 0.478. The van der Waals surface area contributed by atoms with Crippen LogP contribution in [0.25, 0.3) is 0 Å². The highest BCUT2D eigenvalue weighted by molar-refractivity contribution is 9.10. The molecule has 0 saturated heterocycles. The number of anilines is 1. The van der Waals surface area contributed by atoms with E-state index in [9.17, 15) is 14.7 Å². The Balaban J connectivity index is 2.42. The molecule has 18 heavy (non-hydrogen) atoms. The van der Waals surface area contributed by atoms with Gasteiger partial charge in [0.1, 0.15) is 0 Å². The molecule has 0 bridgehead atoms. The summed E-state index contributed by atoms with van der Waals surface area (Å²) in [5.74, 6) is -1.78. The van der Waals surface area contributed by atoms with Crippen LogP contribution in [0.15, 0.2) is 22.7 Å². The minimum Gasteiger partial charge on any atom is -0.481 e. The normalized spacial score (nSPS) is 18.3. The van der Waals surface area contributed by atoms with Crippen LogP contribution in [0.2, 0.25) is 0 Å². The highest BCUT2D eigenvalue weighted by Crippen LogP contribution is 2.36. The maximum Gasteiger partial charge on any atom is 0.311 e. The number of fused-ring (bicyclic) bond motifs is 1. The van der Waals surface area contributed by atoms with E-state index >= 15 is 0 Å². The lowest BCUT2D eigenvalue weighted by atomic mass is 9.90. The van der Waals surface area contributed by atoms with Gasteiger partial charge in [0.2, 0.25) is 5.91 Å². The lowest BCUT2D eigenvalue weighted by molar-refractivity contribution is -0.139. The first-order valence-corrected chi connectivity index (χ1v) is 6.34. The minimum atomic E-state index is -0.840. The molecule has 3 N–H and O–H groups in total. The SMILES string of the molecule is NC(=O)CN1CCC(C(=O)O)c2cc(Br)ccc21. The molecule has 0 aromatic heterocycles. The van der Waals surface area contributed by atoms with Gasteiger partial charge in [-0.3, -0.25) is 9.59 Å². The summed E-state index contributed by atoms with van der Waals surface area (Å²) in [6, 6.07) is 5.44. The van der Waals surface area contributed by atoms with Gasteiger partial charge in [0, 0.05) is 16.7 Å². The molecule has 0 saturated carbocycles. The molecule has 6 heteroatoms. The van der Waals surface area contributed by atoms with E-state index in [1.54, 1.807) is 6.07 Å². The second-order valence-electron chi connectivity index (χ2n) is 4.27. The van der Waals surface area contributed by atoms with Crippen LogP contribution in [0.3, 0.4) is 0 Å². The summed E-state index contributed by atoms with van der Waals surface area (Å²) < 4.78 is 0.827. The van der Waals surface area contributed by atoms with Gasteiger partial charge >= 0.3 is 5.97 Å². The maximum atomic E-state index is 11.2. The largest absolute Gasteiger partial charge is 0.481 e. The summed E-state index contributed by atoms with van der Waals surface area (Å²) >= 11 is 3.33. The van der Waals surface area contributed by atoms with E-state index in [0.717, 1.165) is 15.7 Å². The van der Waals surface area contributed by atoms with Crippen molar-refractivity contribution in [1.82, 2.24) is 0 Å². The topological polar surface area (TPSA) is 83.6 Å². The van der Waals surface area contributed by atoms with Crippen molar-refractivity contribution in [2.24, 2.45) is 5.73 Å². The number of carbonyl (C=O) groups is 2. The van der Waals surface area contributed by atoms with E-state index in [-0.39, 0.29) is 6.54 Å². The van der Waals surface area contributed by atoms with Gasteiger partial charge in [-0.25, -0.2) is 0 Å². The average Bonchev–Trinajstić information content (AvgIpc) is 2.27. The summed E-state index contributed by atoms with van der Waals surface area (Å²) in [5, 5.41) is 9.22. The Morgan fingerprint density at radius 2 is 2.22 bits per heavy atom. The van der Waals surface area contributed by atoms with Crippen LogP contribution in [-0.2, 0) is 9.59 Å². The number of halogens is 1. The minimum absolute atomic E-state index is 0.112. The Hall–Kier alpha value is -1.56. The van der Waals surface area contributed by atoms with Gasteiger partial charge in [-0.1, -0.05) is 15.9 Å². The molecule has 1 amide bonds. The average molecular weight is 313 g/mol. The molecule has 1 aromatic carbocycles. The first-order chi connectivity index (χ1) is 8.49. The Morgan fingerprint density at radius 3 is 2.83 bits per heavy atom. The number of hydrogen-bond donors (Lipinski definition) is 2. The van der Waals surface area contributed by atoms with Crippen LogP contribution in [0.5, 0.6) is 0 Å². The van der Waals surface area contributed by atoms with Crippen molar-refractivity contribution < 1.29 is 14.7 Å². The molecule has 1 atom stereocenters. The molecule has 2 rings (SSSR count). The van der Waals surface area contributed by atoms with Gasteiger partial charge in [0.05, 0.1) is 12.5 Å². The fraction of sp³-hybridized carbons (Fsp3) is 0.333. The van der Waals surface area contributed by atoms with E-state index in [1.807, 2.05) is 17.0 Å². The lowest BCUT2D eigenvalue weighted by Gasteiger charge is -2.33. The lowest BCUT2D eigenvalue weighted by Crippen LogP contribution is -2.39. The van der Waals surface area contributed by atoms with Crippen molar-refractivity contribution in [1.29, 1.82) is 0 Å². The molecule has 1 aromatic rings. The molecule has 96 valence electrons. The molecule has 0 spiro atoms. The van der Waals surface area contributed by atoms with Crippen LogP contribution in [0.4, 0.5) is 5.69 Å². The fourth-order valence-electron chi connectivity index (χ4n) is 2.26. The zero-order valence-corrected chi connectivity index (χ0v) is 11.2. The van der Waals surface area contributed by atoms with Gasteiger partial charge in [-0.2, -0.15) is 0 Å². The number of hydrogen-bond acceptors (Lipinski definition) is 3. The van der Waals surface area contributed by atoms with Gasteiger partial charge in [-0.05, 0) is 30.2 Å². The number of carbonyl (C=O) groups excluding carboxylic acids is 1. The Kier molecular flexibility index (Phi) is 3.56. The number of nitrogens with two attached hydrogens (primary N) is 1. The summed E-state index contributed by atoms with van der Waals surface area (Å²) in [6.45, 7) is 0.634. The summed E-state index contributed by atoms with van der Waals surface area (Å²) in [7, 11) is 0. The molecule has 0 fully saturated rings. The van der Waals surface area contributed by atoms with Crippen LogP contribution in [0.1, 0.15) is 17.9 Å². The zero-order valence-electron chi connectivity index (χ0n) is 9.60. The number of carboxylic acid groups (broad SMARTS) is 1. The molecule has 1 aliphatic rings. The number of amides is 1. The number of primary amides is 1. The third-order valence-electron chi connectivity index (χ3n) is 3.04. The Morgan fingerprint density at radius 1 is 1.50 bits per heavy atom. The van der Waals surface area contributed by atoms with Crippen molar-refractivity contribution >= 4 is 33.5 Å². The monoisotopic (exact) mass is 312 g/mol. The van der Waals surface area contributed by atoms with Crippen LogP contribution < -0.4 is 10.6 Å². The number of benzene rings is 1. The molecule has 5 nitrogen and oxygen atoms in total. The number of rotatable bonds is 3. The second-order valence-corrected chi connectivity index (χ2v) is 5.19. The summed E-state index contributed by atoms with van der Waals surface area (Å²) in [4.78, 5) is 24.1. The zero-order chi connectivity index (χ0) is 13.3. The molecule has 1 aliphatic heterocycles. The molecule has 0 radical (unpaired) electrons. The van der Waals surface area contributed by atoms with E-state index < -0.39 is 17.8 Å². The van der Waals surface area contributed by atoms with E-state index in [2.05, 4.69) is 15.9 Å². The Labute approximate surface area is 113 Å². The standard InChI is InChI=1S/C12H13BrN2O3/c13-7-1-2-10-9(5-7)8(12(17)18)3-4-15(10)6-11(14)16/h1-2,5,8H,3-4,6H2,(H2,14,16)(H,17,18). The molecular formula is C12H13BrN2O3. The number of nitrogens with zero attached hydrogens (tertiary/aromatic N) is 1. The third kappa shape index (κ3) is 2.48. The predicted molar refractivity (Wildman–Crippen MR) is 70.5 cm³/mol.